The second-order valence-electron chi connectivity index (χ2n) is 6.92. The van der Waals surface area contributed by atoms with Crippen molar-refractivity contribution >= 4 is 22.2 Å². The first-order valence-electron chi connectivity index (χ1n) is 8.44. The average molecular weight is 324 g/mol. The molecule has 0 saturated heterocycles. The lowest BCUT2D eigenvalue weighted by Crippen LogP contribution is -2.27. The van der Waals surface area contributed by atoms with Crippen LogP contribution in [-0.2, 0) is 25.9 Å². The zero-order chi connectivity index (χ0) is 16.0. The average Bonchev–Trinajstić information content (AvgIpc) is 3.06. The fourth-order valence-corrected chi connectivity index (χ4v) is 4.72. The summed E-state index contributed by atoms with van der Waals surface area (Å²) >= 11 is 1.82. The van der Waals surface area contributed by atoms with Crippen molar-refractivity contribution in [1.82, 2.24) is 9.47 Å². The quantitative estimate of drug-likeness (QED) is 0.686. The number of thiophene rings is 1. The van der Waals surface area contributed by atoms with Crippen molar-refractivity contribution in [2.24, 2.45) is 0 Å². The third-order valence-electron chi connectivity index (χ3n) is 5.17. The van der Waals surface area contributed by atoms with Crippen LogP contribution < -0.4 is 0 Å². The van der Waals surface area contributed by atoms with Gasteiger partial charge in [0.2, 0.25) is 0 Å². The van der Waals surface area contributed by atoms with E-state index in [1.165, 1.54) is 40.6 Å². The molecule has 23 heavy (non-hydrogen) atoms. The summed E-state index contributed by atoms with van der Waals surface area (Å²) in [6, 6.07) is 6.95. The van der Waals surface area contributed by atoms with Crippen molar-refractivity contribution in [1.29, 1.82) is 0 Å². The predicted molar refractivity (Wildman–Crippen MR) is 99.5 cm³/mol. The van der Waals surface area contributed by atoms with Gasteiger partial charge in [-0.15, -0.1) is 0 Å². The minimum atomic E-state index is 1.08. The number of hydrogen-bond acceptors (Lipinski definition) is 2. The van der Waals surface area contributed by atoms with E-state index >= 15 is 0 Å². The summed E-state index contributed by atoms with van der Waals surface area (Å²) in [6.07, 6.45) is 2.30. The van der Waals surface area contributed by atoms with Gasteiger partial charge in [-0.2, -0.15) is 11.3 Å². The molecule has 0 fully saturated rings. The molecule has 0 bridgehead atoms. The molecule has 0 amide bonds. The van der Waals surface area contributed by atoms with Gasteiger partial charge in [-0.1, -0.05) is 11.6 Å². The third-order valence-corrected chi connectivity index (χ3v) is 6.08. The molecule has 0 saturated carbocycles. The first-order chi connectivity index (χ1) is 11.1. The van der Waals surface area contributed by atoms with Crippen LogP contribution in [0.3, 0.4) is 0 Å². The molecule has 3 heterocycles. The van der Waals surface area contributed by atoms with Crippen molar-refractivity contribution in [2.45, 2.75) is 39.8 Å². The number of fused-ring (bicyclic) bond motifs is 3. The fourth-order valence-electron chi connectivity index (χ4n) is 3.83. The van der Waals surface area contributed by atoms with Gasteiger partial charge in [0.15, 0.2) is 0 Å². The smallest absolute Gasteiger partial charge is 0.0486 e. The van der Waals surface area contributed by atoms with E-state index in [0.717, 1.165) is 19.5 Å². The molecule has 120 valence electrons. The Morgan fingerprint density at radius 1 is 1.17 bits per heavy atom. The van der Waals surface area contributed by atoms with E-state index in [4.69, 9.17) is 0 Å². The zero-order valence-corrected chi connectivity index (χ0v) is 15.0. The van der Waals surface area contributed by atoms with Crippen LogP contribution in [0.2, 0.25) is 0 Å². The minimum absolute atomic E-state index is 1.08. The van der Waals surface area contributed by atoms with Crippen molar-refractivity contribution in [3.63, 3.8) is 0 Å². The number of rotatable bonds is 3. The molecule has 2 nitrogen and oxygen atoms in total. The molecule has 0 N–H and O–H groups in total. The number of hydrogen-bond donors (Lipinski definition) is 0. The molecule has 0 atom stereocenters. The van der Waals surface area contributed by atoms with Gasteiger partial charge in [0.25, 0.3) is 0 Å². The molecule has 4 rings (SSSR count). The molecule has 1 aromatic carbocycles. The third kappa shape index (κ3) is 2.62. The summed E-state index contributed by atoms with van der Waals surface area (Å²) in [5.41, 5.74) is 8.85. The van der Waals surface area contributed by atoms with Crippen LogP contribution in [-0.4, -0.2) is 23.1 Å². The van der Waals surface area contributed by atoms with Crippen LogP contribution in [0.4, 0.5) is 0 Å². The van der Waals surface area contributed by atoms with Crippen molar-refractivity contribution < 1.29 is 0 Å². The number of likely N-dealkylation sites (N-methyl/N-ethyl adjacent to an activating group) is 1. The lowest BCUT2D eigenvalue weighted by Gasteiger charge is -2.24. The lowest BCUT2D eigenvalue weighted by molar-refractivity contribution is 0.309. The second-order valence-corrected chi connectivity index (χ2v) is 7.66. The number of aromatic nitrogens is 1. The van der Waals surface area contributed by atoms with Gasteiger partial charge in [0.1, 0.15) is 0 Å². The van der Waals surface area contributed by atoms with Crippen LogP contribution in [0.15, 0.2) is 29.0 Å². The number of nitrogens with zero attached hydrogens (tertiary/aromatic N) is 2. The SMILES string of the molecule is Cc1ccc2c(c1)c1c(n2CCc2cscc2C)CCN(C)C1. The Kier molecular flexibility index (Phi) is 3.78. The molecule has 3 heteroatoms. The Morgan fingerprint density at radius 2 is 2.04 bits per heavy atom. The van der Waals surface area contributed by atoms with Crippen molar-refractivity contribution in [3.8, 4) is 0 Å². The maximum Gasteiger partial charge on any atom is 0.0486 e. The first-order valence-corrected chi connectivity index (χ1v) is 9.38. The summed E-state index contributed by atoms with van der Waals surface area (Å²) in [6.45, 7) is 7.77. The molecule has 1 aliphatic heterocycles. The second kappa shape index (κ2) is 5.81. The summed E-state index contributed by atoms with van der Waals surface area (Å²) in [5.74, 6) is 0. The van der Waals surface area contributed by atoms with Gasteiger partial charge in [-0.05, 0) is 66.9 Å². The monoisotopic (exact) mass is 324 g/mol. The lowest BCUT2D eigenvalue weighted by atomic mass is 10.0. The first kappa shape index (κ1) is 15.0. The highest BCUT2D eigenvalue weighted by Gasteiger charge is 2.22. The molecule has 0 radical (unpaired) electrons. The Bertz CT molecular complexity index is 856. The van der Waals surface area contributed by atoms with E-state index in [1.54, 1.807) is 11.3 Å². The highest BCUT2D eigenvalue weighted by molar-refractivity contribution is 7.08. The summed E-state index contributed by atoms with van der Waals surface area (Å²) in [5, 5.41) is 6.04. The normalized spacial score (nSPS) is 15.3. The fraction of sp³-hybridized carbons (Fsp3) is 0.400. The van der Waals surface area contributed by atoms with Gasteiger partial charge < -0.3 is 9.47 Å². The summed E-state index contributed by atoms with van der Waals surface area (Å²) in [4.78, 5) is 2.44. The molecular formula is C20H24N2S. The maximum atomic E-state index is 2.59. The van der Waals surface area contributed by atoms with Gasteiger partial charge in [-0.3, -0.25) is 0 Å². The summed E-state index contributed by atoms with van der Waals surface area (Å²) < 4.78 is 2.59. The topological polar surface area (TPSA) is 8.17 Å². The van der Waals surface area contributed by atoms with Crippen LogP contribution in [0.25, 0.3) is 10.9 Å². The molecule has 0 unspecified atom stereocenters. The zero-order valence-electron chi connectivity index (χ0n) is 14.2. The van der Waals surface area contributed by atoms with E-state index in [2.05, 4.69) is 59.3 Å². The van der Waals surface area contributed by atoms with Crippen LogP contribution >= 0.6 is 11.3 Å². The van der Waals surface area contributed by atoms with Gasteiger partial charge in [0, 0.05) is 42.7 Å². The van der Waals surface area contributed by atoms with Crippen molar-refractivity contribution in [2.75, 3.05) is 13.6 Å². The largest absolute Gasteiger partial charge is 0.344 e. The standard InChI is InChI=1S/C20H24N2S/c1-14-4-5-19-17(10-14)18-11-21(3)8-7-20(18)22(19)9-6-16-13-23-12-15(16)2/h4-5,10,12-13H,6-9,11H2,1-3H3. The Balaban J connectivity index is 1.78. The predicted octanol–water partition coefficient (Wildman–Crippen LogP) is 4.55. The highest BCUT2D eigenvalue weighted by atomic mass is 32.1. The summed E-state index contributed by atoms with van der Waals surface area (Å²) in [7, 11) is 2.23. The van der Waals surface area contributed by atoms with Crippen LogP contribution in [0.5, 0.6) is 0 Å². The number of benzene rings is 1. The molecule has 3 aromatic rings. The van der Waals surface area contributed by atoms with Gasteiger partial charge in [0.05, 0.1) is 0 Å². The van der Waals surface area contributed by atoms with Crippen LogP contribution in [0.1, 0.15) is 27.9 Å². The van der Waals surface area contributed by atoms with E-state index in [0.29, 0.717) is 0 Å². The molecular weight excluding hydrogens is 300 g/mol. The minimum Gasteiger partial charge on any atom is -0.344 e. The molecule has 1 aliphatic rings. The molecule has 0 spiro atoms. The van der Waals surface area contributed by atoms with Crippen molar-refractivity contribution in [3.05, 3.63) is 56.9 Å². The Labute approximate surface area is 142 Å². The maximum absolute atomic E-state index is 2.59. The number of aryl methyl sites for hydroxylation is 4. The Morgan fingerprint density at radius 3 is 2.83 bits per heavy atom. The van der Waals surface area contributed by atoms with Gasteiger partial charge in [-0.25, -0.2) is 0 Å². The van der Waals surface area contributed by atoms with E-state index in [1.807, 2.05) is 11.3 Å². The highest BCUT2D eigenvalue weighted by Crippen LogP contribution is 2.31. The van der Waals surface area contributed by atoms with Crippen LogP contribution in [0, 0.1) is 13.8 Å². The van der Waals surface area contributed by atoms with E-state index < -0.39 is 0 Å². The van der Waals surface area contributed by atoms with Gasteiger partial charge >= 0.3 is 0 Å². The van der Waals surface area contributed by atoms with E-state index in [9.17, 15) is 0 Å². The molecule has 0 aliphatic carbocycles. The van der Waals surface area contributed by atoms with E-state index in [-0.39, 0.29) is 0 Å². The molecule has 2 aromatic heterocycles. The Hall–Kier alpha value is -1.58.